The molecule has 0 unspecified atom stereocenters. The largest absolute Gasteiger partial charge is 0.417 e. The van der Waals surface area contributed by atoms with Gasteiger partial charge in [0.15, 0.2) is 0 Å². The van der Waals surface area contributed by atoms with Crippen LogP contribution in [0.3, 0.4) is 0 Å². The molecule has 9 heteroatoms. The van der Waals surface area contributed by atoms with Crippen molar-refractivity contribution in [1.29, 1.82) is 0 Å². The summed E-state index contributed by atoms with van der Waals surface area (Å²) >= 11 is 0. The predicted molar refractivity (Wildman–Crippen MR) is 74.3 cm³/mol. The van der Waals surface area contributed by atoms with E-state index in [1.165, 1.54) is 6.07 Å². The first-order chi connectivity index (χ1) is 10.1. The van der Waals surface area contributed by atoms with Crippen molar-refractivity contribution in [3.05, 3.63) is 29.8 Å². The molecule has 0 saturated carbocycles. The van der Waals surface area contributed by atoms with Crippen molar-refractivity contribution in [2.45, 2.75) is 30.8 Å². The maximum absolute atomic E-state index is 13.0. The first-order valence-corrected chi connectivity index (χ1v) is 7.99. The standard InChI is InChI=1S/C13H17F3N2O3S/c1-2-3-8-18(9-12(17)19)22(20,21)11-7-5-4-6-10(11)13(14,15)16/h4-7H,2-3,8-9H2,1H3,(H2,17,19). The van der Waals surface area contributed by atoms with E-state index in [2.05, 4.69) is 0 Å². The van der Waals surface area contributed by atoms with Gasteiger partial charge in [0.1, 0.15) is 0 Å². The lowest BCUT2D eigenvalue weighted by Crippen LogP contribution is -2.39. The molecule has 1 aromatic rings. The van der Waals surface area contributed by atoms with Gasteiger partial charge in [0.25, 0.3) is 0 Å². The lowest BCUT2D eigenvalue weighted by molar-refractivity contribution is -0.139. The fraction of sp³-hybridized carbons (Fsp3) is 0.462. The summed E-state index contributed by atoms with van der Waals surface area (Å²) in [5.74, 6) is -0.927. The molecule has 5 nitrogen and oxygen atoms in total. The maximum atomic E-state index is 13.0. The lowest BCUT2D eigenvalue weighted by Gasteiger charge is -2.22. The van der Waals surface area contributed by atoms with Crippen LogP contribution in [-0.2, 0) is 21.0 Å². The van der Waals surface area contributed by atoms with Crippen molar-refractivity contribution in [3.63, 3.8) is 0 Å². The summed E-state index contributed by atoms with van der Waals surface area (Å²) in [5, 5.41) is 0. The van der Waals surface area contributed by atoms with Crippen molar-refractivity contribution in [2.24, 2.45) is 5.73 Å². The molecule has 0 saturated heterocycles. The number of alkyl halides is 3. The Morgan fingerprint density at radius 3 is 2.36 bits per heavy atom. The second-order valence-electron chi connectivity index (χ2n) is 4.65. The van der Waals surface area contributed by atoms with E-state index in [1.807, 2.05) is 0 Å². The Morgan fingerprint density at radius 2 is 1.86 bits per heavy atom. The van der Waals surface area contributed by atoms with Gasteiger partial charge < -0.3 is 5.73 Å². The number of unbranched alkanes of at least 4 members (excludes halogenated alkanes) is 1. The summed E-state index contributed by atoms with van der Waals surface area (Å²) in [6, 6.07) is 3.87. The van der Waals surface area contributed by atoms with Crippen LogP contribution in [0.15, 0.2) is 29.2 Å². The summed E-state index contributed by atoms with van der Waals surface area (Å²) in [4.78, 5) is 10.2. The van der Waals surface area contributed by atoms with Crippen molar-refractivity contribution >= 4 is 15.9 Å². The Kier molecular flexibility index (Phi) is 5.95. The zero-order valence-corrected chi connectivity index (χ0v) is 12.7. The Labute approximate surface area is 127 Å². The minimum Gasteiger partial charge on any atom is -0.369 e. The van der Waals surface area contributed by atoms with E-state index >= 15 is 0 Å². The zero-order valence-electron chi connectivity index (χ0n) is 11.9. The smallest absolute Gasteiger partial charge is 0.369 e. The van der Waals surface area contributed by atoms with Crippen LogP contribution < -0.4 is 5.73 Å². The number of hydrogen-bond donors (Lipinski definition) is 1. The number of rotatable bonds is 7. The number of sulfonamides is 1. The highest BCUT2D eigenvalue weighted by molar-refractivity contribution is 7.89. The fourth-order valence-electron chi connectivity index (χ4n) is 1.86. The van der Waals surface area contributed by atoms with Gasteiger partial charge in [0.2, 0.25) is 15.9 Å². The normalized spacial score (nSPS) is 12.6. The highest BCUT2D eigenvalue weighted by atomic mass is 32.2. The third-order valence-electron chi connectivity index (χ3n) is 2.90. The number of hydrogen-bond acceptors (Lipinski definition) is 3. The molecule has 0 atom stereocenters. The molecule has 1 amide bonds. The van der Waals surface area contributed by atoms with Crippen molar-refractivity contribution < 1.29 is 26.4 Å². The number of primary amides is 1. The third kappa shape index (κ3) is 4.44. The second kappa shape index (κ2) is 7.10. The summed E-state index contributed by atoms with van der Waals surface area (Å²) in [6.07, 6.45) is -3.79. The Hall–Kier alpha value is -1.61. The second-order valence-corrected chi connectivity index (χ2v) is 6.56. The topological polar surface area (TPSA) is 80.5 Å². The van der Waals surface area contributed by atoms with Gasteiger partial charge >= 0.3 is 6.18 Å². The molecule has 124 valence electrons. The summed E-state index contributed by atoms with van der Waals surface area (Å²) in [5.41, 5.74) is 3.73. The Balaban J connectivity index is 3.34. The van der Waals surface area contributed by atoms with E-state index in [0.717, 1.165) is 12.1 Å². The molecular formula is C13H17F3N2O3S. The van der Waals surface area contributed by atoms with Gasteiger partial charge in [-0.3, -0.25) is 4.79 Å². The minimum atomic E-state index is -4.81. The number of carbonyl (C=O) groups excluding carboxylic acids is 1. The average molecular weight is 338 g/mol. The average Bonchev–Trinajstić information content (AvgIpc) is 2.42. The molecule has 0 bridgehead atoms. The number of amides is 1. The molecule has 22 heavy (non-hydrogen) atoms. The molecular weight excluding hydrogens is 321 g/mol. The number of nitrogens with two attached hydrogens (primary N) is 1. The first kappa shape index (κ1) is 18.4. The first-order valence-electron chi connectivity index (χ1n) is 6.55. The summed E-state index contributed by atoms with van der Waals surface area (Å²) < 4.78 is 64.5. The van der Waals surface area contributed by atoms with Crippen LogP contribution >= 0.6 is 0 Å². The van der Waals surface area contributed by atoms with Crippen molar-refractivity contribution in [1.82, 2.24) is 4.31 Å². The highest BCUT2D eigenvalue weighted by Gasteiger charge is 2.38. The van der Waals surface area contributed by atoms with Gasteiger partial charge in [-0.25, -0.2) is 8.42 Å². The molecule has 0 aliphatic heterocycles. The van der Waals surface area contributed by atoms with Crippen molar-refractivity contribution in [3.8, 4) is 0 Å². The monoisotopic (exact) mass is 338 g/mol. The number of benzene rings is 1. The van der Waals surface area contributed by atoms with Gasteiger partial charge in [-0.05, 0) is 18.6 Å². The molecule has 2 N–H and O–H groups in total. The van der Waals surface area contributed by atoms with Gasteiger partial charge in [0.05, 0.1) is 17.0 Å². The molecule has 1 aromatic carbocycles. The van der Waals surface area contributed by atoms with E-state index in [-0.39, 0.29) is 6.54 Å². The van der Waals surface area contributed by atoms with Crippen LogP contribution in [0.5, 0.6) is 0 Å². The maximum Gasteiger partial charge on any atom is 0.417 e. The van der Waals surface area contributed by atoms with Crippen LogP contribution in [0.25, 0.3) is 0 Å². The molecule has 0 fully saturated rings. The van der Waals surface area contributed by atoms with E-state index in [4.69, 9.17) is 5.73 Å². The highest BCUT2D eigenvalue weighted by Crippen LogP contribution is 2.35. The number of carbonyl (C=O) groups is 1. The summed E-state index contributed by atoms with van der Waals surface area (Å²) in [7, 11) is -4.47. The molecule has 0 aliphatic rings. The molecule has 0 spiro atoms. The van der Waals surface area contributed by atoms with Crippen LogP contribution in [0.1, 0.15) is 25.3 Å². The molecule has 1 rings (SSSR count). The lowest BCUT2D eigenvalue weighted by atomic mass is 10.2. The van der Waals surface area contributed by atoms with Gasteiger partial charge in [-0.2, -0.15) is 17.5 Å². The SMILES string of the molecule is CCCCN(CC(N)=O)S(=O)(=O)c1ccccc1C(F)(F)F. The minimum absolute atomic E-state index is 0.0754. The zero-order chi connectivity index (χ0) is 17.0. The quantitative estimate of drug-likeness (QED) is 0.825. The molecule has 0 aromatic heterocycles. The van der Waals surface area contributed by atoms with Gasteiger partial charge in [0, 0.05) is 6.54 Å². The Morgan fingerprint density at radius 1 is 1.27 bits per heavy atom. The van der Waals surface area contributed by atoms with E-state index < -0.39 is 39.1 Å². The summed E-state index contributed by atoms with van der Waals surface area (Å²) in [6.45, 7) is 1.06. The van der Waals surface area contributed by atoms with Crippen LogP contribution in [-0.4, -0.2) is 31.7 Å². The number of halogens is 3. The number of nitrogens with zero attached hydrogens (tertiary/aromatic N) is 1. The molecule has 0 radical (unpaired) electrons. The molecule has 0 aliphatic carbocycles. The fourth-order valence-corrected chi connectivity index (χ4v) is 3.51. The Bertz CT molecular complexity index is 630. The predicted octanol–water partition coefficient (Wildman–Crippen LogP) is 1.98. The van der Waals surface area contributed by atoms with Crippen molar-refractivity contribution in [2.75, 3.05) is 13.1 Å². The van der Waals surface area contributed by atoms with Gasteiger partial charge in [-0.15, -0.1) is 0 Å². The van der Waals surface area contributed by atoms with Crippen LogP contribution in [0, 0.1) is 0 Å². The van der Waals surface area contributed by atoms with E-state index in [9.17, 15) is 26.4 Å². The third-order valence-corrected chi connectivity index (χ3v) is 4.81. The van der Waals surface area contributed by atoms with Crippen LogP contribution in [0.2, 0.25) is 0 Å². The van der Waals surface area contributed by atoms with E-state index in [1.54, 1.807) is 6.92 Å². The van der Waals surface area contributed by atoms with Gasteiger partial charge in [-0.1, -0.05) is 25.5 Å². The van der Waals surface area contributed by atoms with E-state index in [0.29, 0.717) is 23.2 Å². The molecule has 0 heterocycles. The van der Waals surface area contributed by atoms with Crippen LogP contribution in [0.4, 0.5) is 13.2 Å².